The van der Waals surface area contributed by atoms with Crippen LogP contribution >= 0.6 is 0 Å². The van der Waals surface area contributed by atoms with Gasteiger partial charge in [-0.1, -0.05) is 34.6 Å². The van der Waals surface area contributed by atoms with Crippen molar-refractivity contribution in [3.63, 3.8) is 0 Å². The number of hydrogen-bond donors (Lipinski definition) is 0. The molecule has 2 saturated carbocycles. The summed E-state index contributed by atoms with van der Waals surface area (Å²) in [5.41, 5.74) is -0.372. The Morgan fingerprint density at radius 2 is 1.88 bits per heavy atom. The van der Waals surface area contributed by atoms with Gasteiger partial charge in [0.1, 0.15) is 5.78 Å². The molecule has 3 atom stereocenters. The van der Waals surface area contributed by atoms with Crippen LogP contribution in [0.3, 0.4) is 0 Å². The molecule has 94 valence electrons. The van der Waals surface area contributed by atoms with Gasteiger partial charge in [0.2, 0.25) is 0 Å². The van der Waals surface area contributed by atoms with Crippen molar-refractivity contribution in [1.29, 1.82) is 5.26 Å². The first-order valence-electron chi connectivity index (χ1n) is 6.57. The van der Waals surface area contributed by atoms with Crippen LogP contribution in [0.25, 0.3) is 0 Å². The Morgan fingerprint density at radius 1 is 1.29 bits per heavy atom. The number of fused-ring (bicyclic) bond motifs is 1. The Labute approximate surface area is 104 Å². The number of carbonyl (C=O) groups excluding carboxylic acids is 1. The van der Waals surface area contributed by atoms with Crippen molar-refractivity contribution in [3.8, 4) is 6.07 Å². The van der Waals surface area contributed by atoms with Crippen molar-refractivity contribution >= 4 is 5.78 Å². The monoisotopic (exact) mass is 233 g/mol. The van der Waals surface area contributed by atoms with E-state index in [2.05, 4.69) is 40.7 Å². The molecule has 0 bridgehead atoms. The van der Waals surface area contributed by atoms with Crippen LogP contribution in [-0.2, 0) is 4.79 Å². The first-order valence-corrected chi connectivity index (χ1v) is 6.57. The van der Waals surface area contributed by atoms with E-state index >= 15 is 0 Å². The molecule has 0 heterocycles. The molecule has 2 fully saturated rings. The van der Waals surface area contributed by atoms with Crippen LogP contribution in [0.15, 0.2) is 0 Å². The Balaban J connectivity index is 2.31. The molecule has 0 aromatic rings. The zero-order valence-electron chi connectivity index (χ0n) is 11.6. The van der Waals surface area contributed by atoms with Gasteiger partial charge < -0.3 is 0 Å². The maximum Gasteiger partial charge on any atom is 0.138 e. The van der Waals surface area contributed by atoms with E-state index in [1.807, 2.05) is 0 Å². The van der Waals surface area contributed by atoms with Crippen molar-refractivity contribution in [1.82, 2.24) is 0 Å². The Hall–Kier alpha value is -0.840. The number of Topliss-reactive ketones (excluding diaryl/α,β-unsaturated/α-hetero) is 1. The quantitative estimate of drug-likeness (QED) is 0.641. The normalized spacial score (nSPS) is 40.1. The molecule has 0 saturated heterocycles. The molecule has 0 aromatic heterocycles. The SMILES string of the molecule is CC1(C)CC(=O)[C@H]2[C@@H](C1)C[C@]2(C#N)C(C)(C)C. The molecule has 0 spiro atoms. The number of ketones is 1. The van der Waals surface area contributed by atoms with E-state index in [-0.39, 0.29) is 16.7 Å². The summed E-state index contributed by atoms with van der Waals surface area (Å²) in [6.07, 6.45) is 2.66. The summed E-state index contributed by atoms with van der Waals surface area (Å²) in [4.78, 5) is 12.3. The predicted octanol–water partition coefficient (Wildman–Crippen LogP) is 3.57. The lowest BCUT2D eigenvalue weighted by Crippen LogP contribution is -2.61. The lowest BCUT2D eigenvalue weighted by molar-refractivity contribution is -0.161. The smallest absolute Gasteiger partial charge is 0.138 e. The third-order valence-electron chi connectivity index (χ3n) is 4.94. The van der Waals surface area contributed by atoms with E-state index in [1.54, 1.807) is 0 Å². The van der Waals surface area contributed by atoms with E-state index < -0.39 is 5.41 Å². The standard InChI is InChI=1S/C15H23NO/c1-13(2,3)15(9-16)7-10-6-14(4,5)8-11(17)12(10)15/h10,12H,6-8H2,1-5H3/t10-,12+,15+/m0/s1. The molecule has 0 aromatic carbocycles. The molecule has 0 radical (unpaired) electrons. The molecule has 17 heavy (non-hydrogen) atoms. The molecule has 0 aliphatic heterocycles. The summed E-state index contributed by atoms with van der Waals surface area (Å²) in [5.74, 6) is 0.777. The van der Waals surface area contributed by atoms with Crippen LogP contribution in [0.5, 0.6) is 0 Å². The Morgan fingerprint density at radius 3 is 2.29 bits per heavy atom. The van der Waals surface area contributed by atoms with Gasteiger partial charge in [-0.15, -0.1) is 0 Å². The summed E-state index contributed by atoms with van der Waals surface area (Å²) in [6.45, 7) is 10.6. The highest BCUT2D eigenvalue weighted by Gasteiger charge is 2.65. The number of nitriles is 1. The Kier molecular flexibility index (Phi) is 2.48. The average Bonchev–Trinajstić information content (AvgIpc) is 2.05. The number of carbonyl (C=O) groups is 1. The lowest BCUT2D eigenvalue weighted by atomic mass is 9.40. The molecule has 2 aliphatic rings. The van der Waals surface area contributed by atoms with Crippen LogP contribution < -0.4 is 0 Å². The van der Waals surface area contributed by atoms with Gasteiger partial charge in [0.25, 0.3) is 0 Å². The summed E-state index contributed by atoms with van der Waals surface area (Å²) in [6, 6.07) is 2.49. The summed E-state index contributed by atoms with van der Waals surface area (Å²) in [5, 5.41) is 9.56. The maximum atomic E-state index is 12.3. The molecule has 2 aliphatic carbocycles. The van der Waals surface area contributed by atoms with Crippen LogP contribution in [0.1, 0.15) is 53.9 Å². The second kappa shape index (κ2) is 3.34. The molecule has 0 N–H and O–H groups in total. The molecule has 0 amide bonds. The molecular weight excluding hydrogens is 210 g/mol. The van der Waals surface area contributed by atoms with Gasteiger partial charge in [-0.3, -0.25) is 4.79 Å². The minimum absolute atomic E-state index is 0.000486. The average molecular weight is 233 g/mol. The van der Waals surface area contributed by atoms with E-state index in [4.69, 9.17) is 0 Å². The minimum Gasteiger partial charge on any atom is -0.299 e. The fourth-order valence-electron chi connectivity index (χ4n) is 4.05. The highest BCUT2D eigenvalue weighted by molar-refractivity contribution is 5.85. The van der Waals surface area contributed by atoms with Gasteiger partial charge in [-0.2, -0.15) is 5.26 Å². The third-order valence-corrected chi connectivity index (χ3v) is 4.94. The van der Waals surface area contributed by atoms with Crippen LogP contribution in [0.4, 0.5) is 0 Å². The zero-order chi connectivity index (χ0) is 13.1. The molecular formula is C15H23NO. The van der Waals surface area contributed by atoms with Gasteiger partial charge in [0.05, 0.1) is 11.5 Å². The predicted molar refractivity (Wildman–Crippen MR) is 67.1 cm³/mol. The number of rotatable bonds is 0. The zero-order valence-corrected chi connectivity index (χ0v) is 11.6. The summed E-state index contributed by atoms with van der Waals surface area (Å²) < 4.78 is 0. The minimum atomic E-state index is -0.411. The first-order chi connectivity index (χ1) is 7.63. The number of hydrogen-bond acceptors (Lipinski definition) is 2. The summed E-state index contributed by atoms with van der Waals surface area (Å²) in [7, 11) is 0. The van der Waals surface area contributed by atoms with Crippen molar-refractivity contribution in [2.24, 2.45) is 28.1 Å². The maximum absolute atomic E-state index is 12.3. The van der Waals surface area contributed by atoms with Crippen molar-refractivity contribution in [2.75, 3.05) is 0 Å². The van der Waals surface area contributed by atoms with Gasteiger partial charge in [0, 0.05) is 12.3 Å². The van der Waals surface area contributed by atoms with Crippen molar-refractivity contribution in [2.45, 2.75) is 53.9 Å². The van der Waals surface area contributed by atoms with Crippen molar-refractivity contribution in [3.05, 3.63) is 0 Å². The van der Waals surface area contributed by atoms with Gasteiger partial charge in [-0.05, 0) is 29.6 Å². The van der Waals surface area contributed by atoms with E-state index in [0.717, 1.165) is 12.8 Å². The van der Waals surface area contributed by atoms with Gasteiger partial charge in [0.15, 0.2) is 0 Å². The topological polar surface area (TPSA) is 40.9 Å². The van der Waals surface area contributed by atoms with Gasteiger partial charge in [-0.25, -0.2) is 0 Å². The summed E-state index contributed by atoms with van der Waals surface area (Å²) >= 11 is 0. The molecule has 2 rings (SSSR count). The highest BCUT2D eigenvalue weighted by Crippen LogP contribution is 2.65. The van der Waals surface area contributed by atoms with Crippen LogP contribution in [-0.4, -0.2) is 5.78 Å². The fraction of sp³-hybridized carbons (Fsp3) is 0.867. The van der Waals surface area contributed by atoms with Crippen LogP contribution in [0, 0.1) is 39.4 Å². The van der Waals surface area contributed by atoms with E-state index in [1.165, 1.54) is 0 Å². The lowest BCUT2D eigenvalue weighted by Gasteiger charge is -2.60. The van der Waals surface area contributed by atoms with E-state index in [9.17, 15) is 10.1 Å². The first kappa shape index (κ1) is 12.6. The number of nitrogens with zero attached hydrogens (tertiary/aromatic N) is 1. The van der Waals surface area contributed by atoms with Gasteiger partial charge >= 0.3 is 0 Å². The third kappa shape index (κ3) is 1.63. The largest absolute Gasteiger partial charge is 0.299 e. The Bertz CT molecular complexity index is 396. The van der Waals surface area contributed by atoms with Crippen molar-refractivity contribution < 1.29 is 4.79 Å². The molecule has 2 heteroatoms. The highest BCUT2D eigenvalue weighted by atomic mass is 16.1. The second-order valence-corrected chi connectivity index (χ2v) is 7.79. The van der Waals surface area contributed by atoms with E-state index in [0.29, 0.717) is 18.1 Å². The van der Waals surface area contributed by atoms with Crippen LogP contribution in [0.2, 0.25) is 0 Å². The second-order valence-electron chi connectivity index (χ2n) is 7.79. The molecule has 0 unspecified atom stereocenters. The molecule has 2 nitrogen and oxygen atoms in total. The fourth-order valence-corrected chi connectivity index (χ4v) is 4.05.